The van der Waals surface area contributed by atoms with Crippen molar-refractivity contribution in [1.82, 2.24) is 0 Å². The Bertz CT molecular complexity index is 590. The third kappa shape index (κ3) is 11.6. The van der Waals surface area contributed by atoms with Crippen molar-refractivity contribution in [3.05, 3.63) is 28.2 Å². The number of carbonyl (C=O) groups excluding carboxylic acids is 2. The SMILES string of the molecule is CCCCCCCCCCCOC(=O)CCCC(=O)Oc1cccc(Cl)c1Cl. The Labute approximate surface area is 178 Å². The summed E-state index contributed by atoms with van der Waals surface area (Å²) in [5.41, 5.74) is 0. The molecule has 0 heterocycles. The first-order valence-electron chi connectivity index (χ1n) is 10.3. The summed E-state index contributed by atoms with van der Waals surface area (Å²) in [5, 5.41) is 0.532. The molecule has 0 aliphatic heterocycles. The highest BCUT2D eigenvalue weighted by atomic mass is 35.5. The molecule has 0 aliphatic carbocycles. The summed E-state index contributed by atoms with van der Waals surface area (Å²) in [4.78, 5) is 23.5. The lowest BCUT2D eigenvalue weighted by atomic mass is 10.1. The van der Waals surface area contributed by atoms with Gasteiger partial charge in [-0.25, -0.2) is 0 Å². The van der Waals surface area contributed by atoms with Crippen molar-refractivity contribution in [3.63, 3.8) is 0 Å². The van der Waals surface area contributed by atoms with Crippen molar-refractivity contribution < 1.29 is 19.1 Å². The number of hydrogen-bond donors (Lipinski definition) is 0. The Balaban J connectivity index is 2.00. The van der Waals surface area contributed by atoms with Gasteiger partial charge < -0.3 is 9.47 Å². The molecular formula is C22H32Cl2O4. The number of benzene rings is 1. The molecule has 1 rings (SSSR count). The van der Waals surface area contributed by atoms with Crippen LogP contribution < -0.4 is 4.74 Å². The molecule has 0 unspecified atom stereocenters. The molecule has 6 heteroatoms. The second kappa shape index (κ2) is 15.6. The molecule has 0 radical (unpaired) electrons. The molecule has 0 atom stereocenters. The lowest BCUT2D eigenvalue weighted by Gasteiger charge is -2.07. The number of esters is 2. The minimum absolute atomic E-state index is 0.121. The standard InChI is InChI=1S/C22H32Cl2O4/c1-2-3-4-5-6-7-8-9-10-17-27-20(25)15-12-16-21(26)28-19-14-11-13-18(23)22(19)24/h11,13-14H,2-10,12,15-17H2,1H3. The van der Waals surface area contributed by atoms with Gasteiger partial charge in [0.05, 0.1) is 11.6 Å². The van der Waals surface area contributed by atoms with E-state index in [1.165, 1.54) is 44.9 Å². The molecule has 0 saturated carbocycles. The summed E-state index contributed by atoms with van der Waals surface area (Å²) in [6, 6.07) is 4.84. The molecule has 0 aromatic heterocycles. The van der Waals surface area contributed by atoms with E-state index in [1.54, 1.807) is 18.2 Å². The molecule has 28 heavy (non-hydrogen) atoms. The zero-order chi connectivity index (χ0) is 20.6. The van der Waals surface area contributed by atoms with Crippen LogP contribution in [0.4, 0.5) is 0 Å². The Morgan fingerprint density at radius 1 is 0.821 bits per heavy atom. The van der Waals surface area contributed by atoms with Crippen molar-refractivity contribution >= 4 is 35.1 Å². The molecule has 0 saturated heterocycles. The fraction of sp³-hybridized carbons (Fsp3) is 0.636. The molecule has 4 nitrogen and oxygen atoms in total. The number of carbonyl (C=O) groups is 2. The van der Waals surface area contributed by atoms with Crippen LogP contribution in [0.3, 0.4) is 0 Å². The molecule has 0 N–H and O–H groups in total. The normalized spacial score (nSPS) is 10.7. The van der Waals surface area contributed by atoms with Gasteiger partial charge in [-0.15, -0.1) is 0 Å². The second-order valence-electron chi connectivity index (χ2n) is 6.93. The van der Waals surface area contributed by atoms with Crippen LogP contribution in [0.15, 0.2) is 18.2 Å². The highest BCUT2D eigenvalue weighted by molar-refractivity contribution is 6.43. The van der Waals surface area contributed by atoms with Gasteiger partial charge in [-0.05, 0) is 25.0 Å². The Morgan fingerprint density at radius 3 is 2.11 bits per heavy atom. The smallest absolute Gasteiger partial charge is 0.311 e. The summed E-state index contributed by atoms with van der Waals surface area (Å²) < 4.78 is 10.4. The van der Waals surface area contributed by atoms with Gasteiger partial charge in [0.25, 0.3) is 0 Å². The second-order valence-corrected chi connectivity index (χ2v) is 7.71. The van der Waals surface area contributed by atoms with E-state index < -0.39 is 5.97 Å². The third-order valence-electron chi connectivity index (χ3n) is 4.41. The average Bonchev–Trinajstić information content (AvgIpc) is 2.67. The number of halogens is 2. The maximum Gasteiger partial charge on any atom is 0.311 e. The van der Waals surface area contributed by atoms with Crippen molar-refractivity contribution in [1.29, 1.82) is 0 Å². The predicted octanol–water partition coefficient (Wildman–Crippen LogP) is 7.14. The molecule has 0 aliphatic rings. The van der Waals surface area contributed by atoms with Gasteiger partial charge >= 0.3 is 11.9 Å². The van der Waals surface area contributed by atoms with Gasteiger partial charge in [-0.2, -0.15) is 0 Å². The van der Waals surface area contributed by atoms with E-state index in [9.17, 15) is 9.59 Å². The van der Waals surface area contributed by atoms with Crippen LogP contribution in [-0.4, -0.2) is 18.5 Å². The first-order valence-corrected chi connectivity index (χ1v) is 11.1. The van der Waals surface area contributed by atoms with E-state index in [2.05, 4.69) is 6.92 Å². The molecule has 1 aromatic carbocycles. The predicted molar refractivity (Wildman–Crippen MR) is 114 cm³/mol. The van der Waals surface area contributed by atoms with E-state index in [-0.39, 0.29) is 29.6 Å². The minimum Gasteiger partial charge on any atom is -0.466 e. The van der Waals surface area contributed by atoms with Crippen LogP contribution in [0.2, 0.25) is 10.0 Å². The van der Waals surface area contributed by atoms with Crippen LogP contribution in [0, 0.1) is 0 Å². The summed E-state index contributed by atoms with van der Waals surface area (Å²) in [6.45, 7) is 2.68. The monoisotopic (exact) mass is 430 g/mol. The molecule has 158 valence electrons. The first kappa shape index (κ1) is 24.8. The van der Waals surface area contributed by atoms with E-state index in [4.69, 9.17) is 32.7 Å². The first-order chi connectivity index (χ1) is 13.5. The fourth-order valence-corrected chi connectivity index (χ4v) is 3.11. The van der Waals surface area contributed by atoms with E-state index in [0.29, 0.717) is 18.1 Å². The summed E-state index contributed by atoms with van der Waals surface area (Å²) in [6.07, 6.45) is 11.7. The lowest BCUT2D eigenvalue weighted by molar-refractivity contribution is -0.144. The third-order valence-corrected chi connectivity index (χ3v) is 5.21. The maximum atomic E-state index is 11.8. The Hall–Kier alpha value is -1.26. The van der Waals surface area contributed by atoms with Crippen molar-refractivity contribution in [2.45, 2.75) is 84.0 Å². The largest absolute Gasteiger partial charge is 0.466 e. The van der Waals surface area contributed by atoms with Gasteiger partial charge in [0.1, 0.15) is 5.02 Å². The highest BCUT2D eigenvalue weighted by Gasteiger charge is 2.12. The van der Waals surface area contributed by atoms with E-state index in [1.807, 2.05) is 0 Å². The summed E-state index contributed by atoms with van der Waals surface area (Å²) >= 11 is 11.8. The summed E-state index contributed by atoms with van der Waals surface area (Å²) in [7, 11) is 0. The van der Waals surface area contributed by atoms with Crippen LogP contribution in [-0.2, 0) is 14.3 Å². The number of hydrogen-bond acceptors (Lipinski definition) is 4. The lowest BCUT2D eigenvalue weighted by Crippen LogP contribution is -2.10. The fourth-order valence-electron chi connectivity index (χ4n) is 2.78. The molecule has 0 bridgehead atoms. The zero-order valence-electron chi connectivity index (χ0n) is 16.8. The average molecular weight is 431 g/mol. The number of unbranched alkanes of at least 4 members (excludes halogenated alkanes) is 8. The van der Waals surface area contributed by atoms with Gasteiger partial charge in [-0.3, -0.25) is 9.59 Å². The van der Waals surface area contributed by atoms with Crippen LogP contribution in [0.25, 0.3) is 0 Å². The highest BCUT2D eigenvalue weighted by Crippen LogP contribution is 2.31. The van der Waals surface area contributed by atoms with E-state index in [0.717, 1.165) is 12.8 Å². The minimum atomic E-state index is -0.448. The Kier molecular flexibility index (Phi) is 13.8. The van der Waals surface area contributed by atoms with Crippen molar-refractivity contribution in [2.75, 3.05) is 6.61 Å². The van der Waals surface area contributed by atoms with E-state index >= 15 is 0 Å². The molecule has 0 spiro atoms. The van der Waals surface area contributed by atoms with Crippen molar-refractivity contribution in [3.8, 4) is 5.75 Å². The van der Waals surface area contributed by atoms with Gasteiger partial charge in [0.2, 0.25) is 0 Å². The molecular weight excluding hydrogens is 399 g/mol. The molecule has 1 aromatic rings. The number of rotatable bonds is 15. The number of ether oxygens (including phenoxy) is 2. The Morgan fingerprint density at radius 2 is 1.43 bits per heavy atom. The van der Waals surface area contributed by atoms with Gasteiger partial charge in [-0.1, -0.05) is 87.6 Å². The van der Waals surface area contributed by atoms with Gasteiger partial charge in [0, 0.05) is 12.8 Å². The zero-order valence-corrected chi connectivity index (χ0v) is 18.3. The van der Waals surface area contributed by atoms with Crippen LogP contribution in [0.5, 0.6) is 5.75 Å². The molecule has 0 amide bonds. The molecule has 0 fully saturated rings. The van der Waals surface area contributed by atoms with Crippen molar-refractivity contribution in [2.24, 2.45) is 0 Å². The quantitative estimate of drug-likeness (QED) is 0.168. The van der Waals surface area contributed by atoms with Crippen LogP contribution >= 0.6 is 23.2 Å². The maximum absolute atomic E-state index is 11.8. The van der Waals surface area contributed by atoms with Crippen LogP contribution in [0.1, 0.15) is 84.0 Å². The summed E-state index contributed by atoms with van der Waals surface area (Å²) in [5.74, 6) is -0.490. The topological polar surface area (TPSA) is 52.6 Å². The van der Waals surface area contributed by atoms with Gasteiger partial charge in [0.15, 0.2) is 5.75 Å².